The predicted octanol–water partition coefficient (Wildman–Crippen LogP) is 1.12. The molecular formula is C9H11N5S. The minimum Gasteiger partial charge on any atom is -0.374 e. The lowest BCUT2D eigenvalue weighted by atomic mass is 10.2. The fourth-order valence-corrected chi connectivity index (χ4v) is 2.61. The lowest BCUT2D eigenvalue weighted by Crippen LogP contribution is -1.90. The summed E-state index contributed by atoms with van der Waals surface area (Å²) in [6.45, 7) is 0. The van der Waals surface area contributed by atoms with Crippen LogP contribution in [0.3, 0.4) is 0 Å². The van der Waals surface area contributed by atoms with Gasteiger partial charge in [-0.15, -0.1) is 10.2 Å². The summed E-state index contributed by atoms with van der Waals surface area (Å²) < 4.78 is 1.83. The number of nitrogens with zero attached hydrogens (tertiary/aromatic N) is 4. The molecule has 0 aliphatic heterocycles. The maximum absolute atomic E-state index is 5.56. The molecule has 0 bridgehead atoms. The minimum absolute atomic E-state index is 0.481. The summed E-state index contributed by atoms with van der Waals surface area (Å²) in [4.78, 5) is 0. The van der Waals surface area contributed by atoms with Crippen molar-refractivity contribution in [1.29, 1.82) is 0 Å². The number of rotatable bonds is 2. The summed E-state index contributed by atoms with van der Waals surface area (Å²) in [6, 6.07) is 2.06. The fraction of sp³-hybridized carbons (Fsp3) is 0.444. The molecule has 3 rings (SSSR count). The summed E-state index contributed by atoms with van der Waals surface area (Å²) in [6.07, 6.45) is 3.09. The SMILES string of the molecule is Cn1ccc([C@@H]2CC2c2nnc(N)s2)n1. The first-order chi connectivity index (χ1) is 7.24. The first-order valence-corrected chi connectivity index (χ1v) is 5.64. The summed E-state index contributed by atoms with van der Waals surface area (Å²) >= 11 is 1.48. The highest BCUT2D eigenvalue weighted by Gasteiger charge is 2.43. The molecule has 1 aliphatic rings. The van der Waals surface area contributed by atoms with Crippen LogP contribution in [-0.4, -0.2) is 20.0 Å². The van der Waals surface area contributed by atoms with Gasteiger partial charge in [0.2, 0.25) is 5.13 Å². The van der Waals surface area contributed by atoms with Crippen molar-refractivity contribution in [3.8, 4) is 0 Å². The average Bonchev–Trinajstić information content (AvgIpc) is 2.70. The fourth-order valence-electron chi connectivity index (χ4n) is 1.82. The predicted molar refractivity (Wildman–Crippen MR) is 57.6 cm³/mol. The van der Waals surface area contributed by atoms with Crippen molar-refractivity contribution in [3.05, 3.63) is 23.0 Å². The van der Waals surface area contributed by atoms with Gasteiger partial charge in [0.1, 0.15) is 5.01 Å². The summed E-state index contributed by atoms with van der Waals surface area (Å²) in [5.74, 6) is 0.994. The monoisotopic (exact) mass is 221 g/mol. The van der Waals surface area contributed by atoms with Crippen molar-refractivity contribution >= 4 is 16.5 Å². The van der Waals surface area contributed by atoms with Crippen LogP contribution < -0.4 is 5.73 Å². The third-order valence-electron chi connectivity index (χ3n) is 2.68. The van der Waals surface area contributed by atoms with E-state index in [9.17, 15) is 0 Å². The molecule has 2 atom stereocenters. The van der Waals surface area contributed by atoms with Crippen LogP contribution in [0.15, 0.2) is 12.3 Å². The van der Waals surface area contributed by atoms with E-state index in [-0.39, 0.29) is 0 Å². The Bertz CT molecular complexity index is 444. The van der Waals surface area contributed by atoms with E-state index < -0.39 is 0 Å². The van der Waals surface area contributed by atoms with Crippen molar-refractivity contribution in [1.82, 2.24) is 20.0 Å². The van der Waals surface area contributed by atoms with Crippen LogP contribution in [0.4, 0.5) is 5.13 Å². The summed E-state index contributed by atoms with van der Waals surface area (Å²) in [5, 5.41) is 13.9. The molecule has 1 unspecified atom stereocenters. The smallest absolute Gasteiger partial charge is 0.203 e. The van der Waals surface area contributed by atoms with E-state index >= 15 is 0 Å². The van der Waals surface area contributed by atoms with E-state index in [1.165, 1.54) is 11.3 Å². The molecule has 0 spiro atoms. The third kappa shape index (κ3) is 1.50. The molecule has 2 N–H and O–H groups in total. The van der Waals surface area contributed by atoms with Gasteiger partial charge in [-0.05, 0) is 12.5 Å². The molecule has 6 heteroatoms. The van der Waals surface area contributed by atoms with Gasteiger partial charge in [0.25, 0.3) is 0 Å². The van der Waals surface area contributed by atoms with Gasteiger partial charge in [-0.25, -0.2) is 0 Å². The highest BCUT2D eigenvalue weighted by Crippen LogP contribution is 2.54. The Balaban J connectivity index is 1.79. The van der Waals surface area contributed by atoms with E-state index in [1.807, 2.05) is 17.9 Å². The van der Waals surface area contributed by atoms with Crippen LogP contribution in [0.2, 0.25) is 0 Å². The quantitative estimate of drug-likeness (QED) is 0.825. The lowest BCUT2D eigenvalue weighted by Gasteiger charge is -1.91. The number of anilines is 1. The second-order valence-corrected chi connectivity index (χ2v) is 4.88. The van der Waals surface area contributed by atoms with Gasteiger partial charge in [-0.1, -0.05) is 11.3 Å². The van der Waals surface area contributed by atoms with Crippen LogP contribution in [0.5, 0.6) is 0 Å². The van der Waals surface area contributed by atoms with E-state index in [4.69, 9.17) is 5.73 Å². The highest BCUT2D eigenvalue weighted by atomic mass is 32.1. The van der Waals surface area contributed by atoms with E-state index in [2.05, 4.69) is 21.4 Å². The zero-order chi connectivity index (χ0) is 10.4. The Kier molecular flexibility index (Phi) is 1.79. The second-order valence-electron chi connectivity index (χ2n) is 3.84. The van der Waals surface area contributed by atoms with Crippen molar-refractivity contribution in [2.24, 2.45) is 7.05 Å². The van der Waals surface area contributed by atoms with Gasteiger partial charge >= 0.3 is 0 Å². The molecule has 78 valence electrons. The molecule has 5 nitrogen and oxygen atoms in total. The maximum Gasteiger partial charge on any atom is 0.203 e. The van der Waals surface area contributed by atoms with E-state index in [1.54, 1.807) is 0 Å². The van der Waals surface area contributed by atoms with Gasteiger partial charge in [0.05, 0.1) is 5.69 Å². The number of aryl methyl sites for hydroxylation is 1. The molecule has 2 heterocycles. The number of hydrogen-bond donors (Lipinski definition) is 1. The van der Waals surface area contributed by atoms with Crippen LogP contribution in [0.1, 0.15) is 29.0 Å². The topological polar surface area (TPSA) is 69.6 Å². The molecule has 1 fully saturated rings. The number of nitrogen functional groups attached to an aromatic ring is 1. The van der Waals surface area contributed by atoms with Gasteiger partial charge in [-0.3, -0.25) is 4.68 Å². The first kappa shape index (κ1) is 8.84. The second kappa shape index (κ2) is 3.03. The average molecular weight is 221 g/mol. The molecule has 15 heavy (non-hydrogen) atoms. The molecule has 0 amide bonds. The molecule has 1 aliphatic carbocycles. The van der Waals surface area contributed by atoms with Crippen LogP contribution >= 0.6 is 11.3 Å². The van der Waals surface area contributed by atoms with Crippen LogP contribution in [0, 0.1) is 0 Å². The summed E-state index contributed by atoms with van der Waals surface area (Å²) in [7, 11) is 1.93. The number of hydrogen-bond acceptors (Lipinski definition) is 5. The Hall–Kier alpha value is -1.43. The van der Waals surface area contributed by atoms with Crippen molar-refractivity contribution in [2.75, 3.05) is 5.73 Å². The first-order valence-electron chi connectivity index (χ1n) is 4.82. The van der Waals surface area contributed by atoms with E-state index in [0.717, 1.165) is 17.1 Å². The molecule has 2 aromatic heterocycles. The number of nitrogens with two attached hydrogens (primary N) is 1. The maximum atomic E-state index is 5.56. The standard InChI is InChI=1S/C9H11N5S/c1-14-3-2-7(13-14)5-4-6(5)8-11-12-9(10)15-8/h2-3,5-6H,4H2,1H3,(H2,10,12)/t5-,6?/m1/s1. The van der Waals surface area contributed by atoms with Gasteiger partial charge in [0, 0.05) is 25.1 Å². The molecule has 0 saturated heterocycles. The van der Waals surface area contributed by atoms with Crippen molar-refractivity contribution < 1.29 is 0 Å². The minimum atomic E-state index is 0.481. The molecular weight excluding hydrogens is 210 g/mol. The zero-order valence-electron chi connectivity index (χ0n) is 8.29. The molecule has 0 radical (unpaired) electrons. The van der Waals surface area contributed by atoms with Crippen LogP contribution in [0.25, 0.3) is 0 Å². The number of aromatic nitrogens is 4. The van der Waals surface area contributed by atoms with Crippen molar-refractivity contribution in [3.63, 3.8) is 0 Å². The Morgan fingerprint density at radius 2 is 2.33 bits per heavy atom. The van der Waals surface area contributed by atoms with Gasteiger partial charge in [-0.2, -0.15) is 5.10 Å². The normalized spacial score (nSPS) is 24.3. The van der Waals surface area contributed by atoms with Gasteiger partial charge in [0.15, 0.2) is 0 Å². The molecule has 2 aromatic rings. The summed E-state index contributed by atoms with van der Waals surface area (Å²) in [5.41, 5.74) is 6.71. The van der Waals surface area contributed by atoms with Crippen LogP contribution in [-0.2, 0) is 7.05 Å². The Morgan fingerprint density at radius 3 is 2.93 bits per heavy atom. The Labute approximate surface area is 90.9 Å². The lowest BCUT2D eigenvalue weighted by molar-refractivity contribution is 0.740. The zero-order valence-corrected chi connectivity index (χ0v) is 9.11. The van der Waals surface area contributed by atoms with Gasteiger partial charge < -0.3 is 5.73 Å². The third-order valence-corrected chi connectivity index (χ3v) is 3.56. The van der Waals surface area contributed by atoms with Crippen molar-refractivity contribution in [2.45, 2.75) is 18.3 Å². The molecule has 1 saturated carbocycles. The largest absolute Gasteiger partial charge is 0.374 e. The highest BCUT2D eigenvalue weighted by molar-refractivity contribution is 7.15. The Morgan fingerprint density at radius 1 is 1.47 bits per heavy atom. The van der Waals surface area contributed by atoms with E-state index in [0.29, 0.717) is 17.0 Å². The molecule has 0 aromatic carbocycles.